The predicted octanol–water partition coefficient (Wildman–Crippen LogP) is 11.0. The molecular formula is C45H43NO7S. The van der Waals surface area contributed by atoms with Crippen LogP contribution >= 0.6 is 11.3 Å². The molecule has 8 nitrogen and oxygen atoms in total. The number of fused-ring (bicyclic) bond motifs is 3. The van der Waals surface area contributed by atoms with E-state index in [9.17, 15) is 9.59 Å². The van der Waals surface area contributed by atoms with E-state index in [1.807, 2.05) is 60.7 Å². The lowest BCUT2D eigenvalue weighted by atomic mass is 10.0. The van der Waals surface area contributed by atoms with E-state index in [-0.39, 0.29) is 13.2 Å². The number of carbonyl (C=O) groups is 2. The van der Waals surface area contributed by atoms with Gasteiger partial charge < -0.3 is 28.6 Å². The molecule has 0 amide bonds. The van der Waals surface area contributed by atoms with Crippen LogP contribution in [0.3, 0.4) is 0 Å². The third-order valence-electron chi connectivity index (χ3n) is 8.60. The number of esters is 2. The average molecular weight is 742 g/mol. The Balaban J connectivity index is 1.27. The monoisotopic (exact) mass is 741 g/mol. The van der Waals surface area contributed by atoms with Crippen LogP contribution in [0.25, 0.3) is 31.3 Å². The van der Waals surface area contributed by atoms with Crippen molar-refractivity contribution in [2.75, 3.05) is 38.4 Å². The lowest BCUT2D eigenvalue weighted by Crippen LogP contribution is -2.11. The molecule has 0 aliphatic heterocycles. The highest BCUT2D eigenvalue weighted by Gasteiger charge is 2.18. The van der Waals surface area contributed by atoms with Crippen molar-refractivity contribution < 1.29 is 33.3 Å². The first-order valence-electron chi connectivity index (χ1n) is 17.7. The molecule has 0 spiro atoms. The molecule has 0 aliphatic rings. The molecule has 0 unspecified atom stereocenters. The van der Waals surface area contributed by atoms with Gasteiger partial charge in [0.1, 0.15) is 17.2 Å². The molecule has 0 bridgehead atoms. The van der Waals surface area contributed by atoms with Crippen molar-refractivity contribution in [1.29, 1.82) is 0 Å². The van der Waals surface area contributed by atoms with E-state index in [0.717, 1.165) is 33.9 Å². The number of rotatable bonds is 17. The molecule has 9 heteroatoms. The second-order valence-electron chi connectivity index (χ2n) is 12.8. The Morgan fingerprint density at radius 3 is 1.70 bits per heavy atom. The fraction of sp³-hybridized carbons (Fsp3) is 0.200. The molecule has 6 rings (SSSR count). The van der Waals surface area contributed by atoms with E-state index in [0.29, 0.717) is 48.7 Å². The van der Waals surface area contributed by atoms with Gasteiger partial charge in [0.25, 0.3) is 0 Å². The largest absolute Gasteiger partial charge is 0.496 e. The van der Waals surface area contributed by atoms with Crippen LogP contribution in [0.1, 0.15) is 26.7 Å². The van der Waals surface area contributed by atoms with Crippen molar-refractivity contribution in [2.45, 2.75) is 26.7 Å². The van der Waals surface area contributed by atoms with Gasteiger partial charge in [0.05, 0.1) is 33.5 Å². The van der Waals surface area contributed by atoms with E-state index in [1.165, 1.54) is 20.2 Å². The number of benzene rings is 5. The van der Waals surface area contributed by atoms with Crippen molar-refractivity contribution >= 4 is 60.5 Å². The first-order valence-corrected chi connectivity index (χ1v) is 18.5. The lowest BCUT2D eigenvalue weighted by Gasteiger charge is -2.27. The topological polar surface area (TPSA) is 83.5 Å². The number of hydrogen-bond donors (Lipinski definition) is 0. The number of anilines is 3. The van der Waals surface area contributed by atoms with Crippen LogP contribution in [0.4, 0.5) is 17.1 Å². The lowest BCUT2D eigenvalue weighted by molar-refractivity contribution is -0.140. The summed E-state index contributed by atoms with van der Waals surface area (Å²) in [4.78, 5) is 25.5. The maximum atomic E-state index is 11.7. The Morgan fingerprint density at radius 1 is 0.611 bits per heavy atom. The van der Waals surface area contributed by atoms with Gasteiger partial charge in [-0.05, 0) is 104 Å². The normalized spacial score (nSPS) is 10.9. The number of methoxy groups -OCH3 is 1. The number of nitrogens with zero attached hydrogens (tertiary/aromatic N) is 1. The molecule has 5 aromatic carbocycles. The summed E-state index contributed by atoms with van der Waals surface area (Å²) in [5.41, 5.74) is 5.54. The van der Waals surface area contributed by atoms with Gasteiger partial charge in [-0.25, -0.2) is 9.59 Å². The van der Waals surface area contributed by atoms with E-state index >= 15 is 0 Å². The molecule has 0 saturated carbocycles. The minimum Gasteiger partial charge on any atom is -0.496 e. The molecule has 6 aromatic rings. The highest BCUT2D eigenvalue weighted by molar-refractivity contribution is 7.25. The van der Waals surface area contributed by atoms with E-state index in [2.05, 4.69) is 66.6 Å². The summed E-state index contributed by atoms with van der Waals surface area (Å²) < 4.78 is 30.7. The number of ether oxygens (including phenoxy) is 5. The summed E-state index contributed by atoms with van der Waals surface area (Å²) in [6.45, 7) is 11.8. The van der Waals surface area contributed by atoms with E-state index in [1.54, 1.807) is 32.3 Å². The average Bonchev–Trinajstić information content (AvgIpc) is 3.56. The summed E-state index contributed by atoms with van der Waals surface area (Å²) in [6, 6.07) is 37.1. The maximum Gasteiger partial charge on any atom is 0.333 e. The van der Waals surface area contributed by atoms with Crippen LogP contribution in [0.15, 0.2) is 133 Å². The van der Waals surface area contributed by atoms with Gasteiger partial charge in [-0.1, -0.05) is 37.4 Å². The highest BCUT2D eigenvalue weighted by Crippen LogP contribution is 2.43. The maximum absolute atomic E-state index is 11.7. The number of hydrogen-bond acceptors (Lipinski definition) is 9. The second kappa shape index (κ2) is 17.6. The summed E-state index contributed by atoms with van der Waals surface area (Å²) in [7, 11) is 1.70. The van der Waals surface area contributed by atoms with Crippen LogP contribution in [0, 0.1) is 0 Å². The summed E-state index contributed by atoms with van der Waals surface area (Å²) in [5.74, 6) is 1.38. The predicted molar refractivity (Wildman–Crippen MR) is 218 cm³/mol. The highest BCUT2D eigenvalue weighted by atomic mass is 32.1. The zero-order valence-corrected chi connectivity index (χ0v) is 31.6. The summed E-state index contributed by atoms with van der Waals surface area (Å²) in [6.07, 6.45) is 1.12. The quantitative estimate of drug-likeness (QED) is 0.0519. The van der Waals surface area contributed by atoms with Crippen molar-refractivity contribution in [3.05, 3.63) is 133 Å². The van der Waals surface area contributed by atoms with Gasteiger partial charge in [-0.2, -0.15) is 0 Å². The van der Waals surface area contributed by atoms with Crippen molar-refractivity contribution in [3.8, 4) is 28.4 Å². The molecule has 0 radical (unpaired) electrons. The minimum absolute atomic E-state index is 0.259. The molecule has 0 saturated heterocycles. The molecule has 0 aliphatic carbocycles. The smallest absolute Gasteiger partial charge is 0.333 e. The second-order valence-corrected chi connectivity index (χ2v) is 13.8. The van der Waals surface area contributed by atoms with Gasteiger partial charge >= 0.3 is 11.9 Å². The van der Waals surface area contributed by atoms with Crippen molar-refractivity contribution in [3.63, 3.8) is 0 Å². The first kappa shape index (κ1) is 37.7. The number of thiophene rings is 1. The standard InChI is InChI=1S/C45H43NO7S/c1-30(2)44(47)52-26-8-24-50-36-18-13-33(14-19-36)46(34-15-20-37(21-16-34)51-25-9-27-53-45(48)31(3)4)35-17-22-41(49-5)39(29-35)32-12-23-43-40(28-32)38-10-6-7-11-42(38)54-43/h6-7,10-23,28-29H,1,3,8-9,24-27H2,2,4-5H3. The fourth-order valence-corrected chi connectivity index (χ4v) is 6.94. The molecule has 54 heavy (non-hydrogen) atoms. The van der Waals surface area contributed by atoms with Crippen LogP contribution in [-0.4, -0.2) is 45.5 Å². The zero-order chi connectivity index (χ0) is 38.0. The Hall–Kier alpha value is -6.06. The van der Waals surface area contributed by atoms with Crippen LogP contribution < -0.4 is 19.1 Å². The van der Waals surface area contributed by atoms with Gasteiger partial charge in [-0.15, -0.1) is 11.3 Å². The molecule has 276 valence electrons. The molecule has 1 heterocycles. The summed E-state index contributed by atoms with van der Waals surface area (Å²) >= 11 is 1.79. The Labute approximate surface area is 319 Å². The Morgan fingerprint density at radius 2 is 1.15 bits per heavy atom. The zero-order valence-electron chi connectivity index (χ0n) is 30.8. The third kappa shape index (κ3) is 9.11. The fourth-order valence-electron chi connectivity index (χ4n) is 5.86. The Kier molecular flexibility index (Phi) is 12.3. The van der Waals surface area contributed by atoms with Gasteiger partial charge in [-0.3, -0.25) is 0 Å². The van der Waals surface area contributed by atoms with Crippen molar-refractivity contribution in [1.82, 2.24) is 0 Å². The van der Waals surface area contributed by atoms with Crippen LogP contribution in [0.2, 0.25) is 0 Å². The SMILES string of the molecule is C=C(C)C(=O)OCCCOc1ccc(N(c2ccc(OCCCOC(=O)C(=C)C)cc2)c2ccc(OC)c(-c3ccc4sc5ccccc5c4c3)c2)cc1. The van der Waals surface area contributed by atoms with Crippen LogP contribution in [0.5, 0.6) is 17.2 Å². The third-order valence-corrected chi connectivity index (χ3v) is 9.75. The molecule has 0 atom stereocenters. The van der Waals surface area contributed by atoms with Gasteiger partial charge in [0, 0.05) is 66.8 Å². The molecular weight excluding hydrogens is 699 g/mol. The van der Waals surface area contributed by atoms with Crippen LogP contribution in [-0.2, 0) is 19.1 Å². The molecule has 1 aromatic heterocycles. The molecule has 0 N–H and O–H groups in total. The minimum atomic E-state index is -0.400. The van der Waals surface area contributed by atoms with Gasteiger partial charge in [0.2, 0.25) is 0 Å². The first-order chi connectivity index (χ1) is 26.2. The van der Waals surface area contributed by atoms with E-state index in [4.69, 9.17) is 23.7 Å². The Bertz CT molecular complexity index is 2200. The molecule has 0 fully saturated rings. The number of carbonyl (C=O) groups excluding carboxylic acids is 2. The van der Waals surface area contributed by atoms with Crippen molar-refractivity contribution in [2.24, 2.45) is 0 Å². The van der Waals surface area contributed by atoms with E-state index < -0.39 is 11.9 Å². The summed E-state index contributed by atoms with van der Waals surface area (Å²) in [5, 5.41) is 2.45. The van der Waals surface area contributed by atoms with Gasteiger partial charge in [0.15, 0.2) is 0 Å².